The van der Waals surface area contributed by atoms with Crippen molar-refractivity contribution in [2.75, 3.05) is 13.1 Å². The molecule has 0 spiro atoms. The molecule has 4 nitrogen and oxygen atoms in total. The van der Waals surface area contributed by atoms with E-state index in [1.807, 2.05) is 6.92 Å². The molecule has 1 aliphatic rings. The van der Waals surface area contributed by atoms with Crippen molar-refractivity contribution in [2.24, 2.45) is 0 Å². The molecular formula is C10H15N3O. The zero-order chi connectivity index (χ0) is 9.80. The molecular weight excluding hydrogens is 178 g/mol. The third kappa shape index (κ3) is 2.20. The Morgan fingerprint density at radius 1 is 1.57 bits per heavy atom. The summed E-state index contributed by atoms with van der Waals surface area (Å²) >= 11 is 0. The van der Waals surface area contributed by atoms with Crippen molar-refractivity contribution < 1.29 is 4.74 Å². The van der Waals surface area contributed by atoms with Gasteiger partial charge < -0.3 is 10.1 Å². The Morgan fingerprint density at radius 3 is 3.21 bits per heavy atom. The average molecular weight is 193 g/mol. The summed E-state index contributed by atoms with van der Waals surface area (Å²) in [6.45, 7) is 3.96. The molecule has 2 heterocycles. The lowest BCUT2D eigenvalue weighted by atomic mass is 10.1. The second kappa shape index (κ2) is 4.37. The monoisotopic (exact) mass is 193 g/mol. The van der Waals surface area contributed by atoms with Crippen LogP contribution >= 0.6 is 0 Å². The lowest BCUT2D eigenvalue weighted by molar-refractivity contribution is 0.164. The second-order valence-electron chi connectivity index (χ2n) is 3.56. The van der Waals surface area contributed by atoms with E-state index in [9.17, 15) is 0 Å². The molecule has 1 N–H and O–H groups in total. The van der Waals surface area contributed by atoms with Gasteiger partial charge in [0, 0.05) is 6.54 Å². The molecule has 1 aliphatic heterocycles. The van der Waals surface area contributed by atoms with Crippen LogP contribution in [-0.4, -0.2) is 29.2 Å². The Labute approximate surface area is 83.7 Å². The van der Waals surface area contributed by atoms with Crippen molar-refractivity contribution in [3.63, 3.8) is 0 Å². The number of hydrogen-bond donors (Lipinski definition) is 1. The zero-order valence-corrected chi connectivity index (χ0v) is 8.36. The summed E-state index contributed by atoms with van der Waals surface area (Å²) in [7, 11) is 0. The van der Waals surface area contributed by atoms with E-state index in [0.29, 0.717) is 0 Å². The summed E-state index contributed by atoms with van der Waals surface area (Å²) in [5.74, 6) is 0.807. The van der Waals surface area contributed by atoms with Crippen LogP contribution in [0.1, 0.15) is 18.5 Å². The van der Waals surface area contributed by atoms with Crippen LogP contribution in [0.25, 0.3) is 0 Å². The second-order valence-corrected chi connectivity index (χ2v) is 3.56. The standard InChI is InChI=1S/C10H15N3O/c1-8-10(6-12-7-13-8)14-9-3-2-4-11-5-9/h6-7,9,11H,2-5H2,1H3. The average Bonchev–Trinajstić information content (AvgIpc) is 2.23. The predicted octanol–water partition coefficient (Wildman–Crippen LogP) is 0.916. The van der Waals surface area contributed by atoms with Gasteiger partial charge >= 0.3 is 0 Å². The molecule has 1 fully saturated rings. The molecule has 0 bridgehead atoms. The van der Waals surface area contributed by atoms with Crippen molar-refractivity contribution >= 4 is 0 Å². The molecule has 1 saturated heterocycles. The summed E-state index contributed by atoms with van der Waals surface area (Å²) in [6.07, 6.45) is 5.84. The molecule has 0 aromatic carbocycles. The highest BCUT2D eigenvalue weighted by Gasteiger charge is 2.15. The zero-order valence-electron chi connectivity index (χ0n) is 8.36. The summed E-state index contributed by atoms with van der Waals surface area (Å²) in [5, 5.41) is 3.31. The molecule has 4 heteroatoms. The highest BCUT2D eigenvalue weighted by atomic mass is 16.5. The van der Waals surface area contributed by atoms with Gasteiger partial charge in [0.25, 0.3) is 0 Å². The largest absolute Gasteiger partial charge is 0.486 e. The van der Waals surface area contributed by atoms with Crippen LogP contribution in [0.5, 0.6) is 5.75 Å². The smallest absolute Gasteiger partial charge is 0.159 e. The number of hydrogen-bond acceptors (Lipinski definition) is 4. The van der Waals surface area contributed by atoms with Crippen LogP contribution in [0.3, 0.4) is 0 Å². The molecule has 2 rings (SSSR count). The lowest BCUT2D eigenvalue weighted by Gasteiger charge is -2.24. The Balaban J connectivity index is 1.99. The van der Waals surface area contributed by atoms with Gasteiger partial charge in [0.05, 0.1) is 11.9 Å². The van der Waals surface area contributed by atoms with E-state index in [1.165, 1.54) is 6.42 Å². The van der Waals surface area contributed by atoms with Gasteiger partial charge in [-0.25, -0.2) is 9.97 Å². The number of rotatable bonds is 2. The van der Waals surface area contributed by atoms with Crippen molar-refractivity contribution in [3.8, 4) is 5.75 Å². The fourth-order valence-electron chi connectivity index (χ4n) is 1.59. The first-order chi connectivity index (χ1) is 6.86. The Hall–Kier alpha value is -1.16. The summed E-state index contributed by atoms with van der Waals surface area (Å²) in [4.78, 5) is 8.04. The predicted molar refractivity (Wildman–Crippen MR) is 53.3 cm³/mol. The first kappa shape index (κ1) is 9.40. The maximum atomic E-state index is 5.80. The fraction of sp³-hybridized carbons (Fsp3) is 0.600. The number of nitrogens with one attached hydrogen (secondary N) is 1. The molecule has 0 radical (unpaired) electrons. The van der Waals surface area contributed by atoms with Gasteiger partial charge in [-0.3, -0.25) is 0 Å². The van der Waals surface area contributed by atoms with Crippen molar-refractivity contribution in [3.05, 3.63) is 18.2 Å². The van der Waals surface area contributed by atoms with Gasteiger partial charge in [-0.15, -0.1) is 0 Å². The number of nitrogens with zero attached hydrogens (tertiary/aromatic N) is 2. The van der Waals surface area contributed by atoms with Crippen LogP contribution in [0.15, 0.2) is 12.5 Å². The van der Waals surface area contributed by atoms with Crippen LogP contribution in [0.2, 0.25) is 0 Å². The van der Waals surface area contributed by atoms with E-state index in [1.54, 1.807) is 12.5 Å². The Morgan fingerprint density at radius 2 is 2.50 bits per heavy atom. The molecule has 1 atom stereocenters. The first-order valence-electron chi connectivity index (χ1n) is 5.00. The van der Waals surface area contributed by atoms with E-state index in [-0.39, 0.29) is 6.10 Å². The van der Waals surface area contributed by atoms with E-state index < -0.39 is 0 Å². The van der Waals surface area contributed by atoms with Gasteiger partial charge in [-0.2, -0.15) is 0 Å². The molecule has 0 saturated carbocycles. The minimum atomic E-state index is 0.272. The first-order valence-corrected chi connectivity index (χ1v) is 5.00. The van der Waals surface area contributed by atoms with Gasteiger partial charge in [0.2, 0.25) is 0 Å². The third-order valence-corrected chi connectivity index (χ3v) is 2.41. The number of piperidine rings is 1. The minimum Gasteiger partial charge on any atom is -0.486 e. The van der Waals surface area contributed by atoms with Gasteiger partial charge in [0.1, 0.15) is 12.4 Å². The van der Waals surface area contributed by atoms with E-state index in [0.717, 1.165) is 31.0 Å². The quantitative estimate of drug-likeness (QED) is 0.758. The van der Waals surface area contributed by atoms with Gasteiger partial charge in [-0.1, -0.05) is 0 Å². The van der Waals surface area contributed by atoms with E-state index >= 15 is 0 Å². The number of aromatic nitrogens is 2. The lowest BCUT2D eigenvalue weighted by Crippen LogP contribution is -2.37. The number of aryl methyl sites for hydroxylation is 1. The molecule has 1 unspecified atom stereocenters. The molecule has 76 valence electrons. The molecule has 0 aliphatic carbocycles. The van der Waals surface area contributed by atoms with Crippen LogP contribution in [0.4, 0.5) is 0 Å². The van der Waals surface area contributed by atoms with Gasteiger partial charge in [-0.05, 0) is 26.3 Å². The number of ether oxygens (including phenoxy) is 1. The molecule has 1 aromatic rings. The van der Waals surface area contributed by atoms with Crippen molar-refractivity contribution in [1.82, 2.24) is 15.3 Å². The fourth-order valence-corrected chi connectivity index (χ4v) is 1.59. The maximum Gasteiger partial charge on any atom is 0.159 e. The van der Waals surface area contributed by atoms with Crippen LogP contribution in [0, 0.1) is 6.92 Å². The van der Waals surface area contributed by atoms with Crippen molar-refractivity contribution in [1.29, 1.82) is 0 Å². The van der Waals surface area contributed by atoms with E-state index in [2.05, 4.69) is 15.3 Å². The van der Waals surface area contributed by atoms with E-state index in [4.69, 9.17) is 4.74 Å². The highest BCUT2D eigenvalue weighted by Crippen LogP contribution is 2.16. The normalized spacial score (nSPS) is 21.9. The molecule has 14 heavy (non-hydrogen) atoms. The topological polar surface area (TPSA) is 47.0 Å². The maximum absolute atomic E-state index is 5.80. The molecule has 1 aromatic heterocycles. The van der Waals surface area contributed by atoms with Crippen LogP contribution < -0.4 is 10.1 Å². The minimum absolute atomic E-state index is 0.272. The summed E-state index contributed by atoms with van der Waals surface area (Å²) in [5.41, 5.74) is 0.908. The van der Waals surface area contributed by atoms with Crippen molar-refractivity contribution in [2.45, 2.75) is 25.9 Å². The molecule has 0 amide bonds. The summed E-state index contributed by atoms with van der Waals surface area (Å²) in [6, 6.07) is 0. The van der Waals surface area contributed by atoms with Crippen LogP contribution in [-0.2, 0) is 0 Å². The summed E-state index contributed by atoms with van der Waals surface area (Å²) < 4.78 is 5.80. The Bertz CT molecular complexity index is 297. The Kier molecular flexibility index (Phi) is 2.93. The SMILES string of the molecule is Cc1ncncc1OC1CCCNC1. The third-order valence-electron chi connectivity index (χ3n) is 2.41. The van der Waals surface area contributed by atoms with Gasteiger partial charge in [0.15, 0.2) is 5.75 Å². The highest BCUT2D eigenvalue weighted by molar-refractivity contribution is 5.21.